The van der Waals surface area contributed by atoms with Crippen molar-refractivity contribution in [3.05, 3.63) is 29.8 Å². The van der Waals surface area contributed by atoms with E-state index in [1.165, 1.54) is 37.7 Å². The predicted octanol–water partition coefficient (Wildman–Crippen LogP) is 3.45. The summed E-state index contributed by atoms with van der Waals surface area (Å²) in [6.45, 7) is 3.79. The van der Waals surface area contributed by atoms with Gasteiger partial charge in [-0.05, 0) is 55.2 Å². The van der Waals surface area contributed by atoms with E-state index in [9.17, 15) is 4.79 Å². The minimum Gasteiger partial charge on any atom is -0.497 e. The molecule has 1 aromatic rings. The molecule has 0 radical (unpaired) electrons. The van der Waals surface area contributed by atoms with E-state index < -0.39 is 0 Å². The Morgan fingerprint density at radius 3 is 2.56 bits per heavy atom. The lowest BCUT2D eigenvalue weighted by molar-refractivity contribution is -0.120. The molecule has 0 aromatic heterocycles. The van der Waals surface area contributed by atoms with Crippen LogP contribution in [0.3, 0.4) is 0 Å². The number of nitrogens with one attached hydrogen (secondary N) is 2. The summed E-state index contributed by atoms with van der Waals surface area (Å²) in [5.41, 5.74) is 1.22. The summed E-state index contributed by atoms with van der Waals surface area (Å²) in [7, 11) is 1.68. The number of hydrogen-bond donors (Lipinski definition) is 2. The van der Waals surface area contributed by atoms with Crippen molar-refractivity contribution in [3.8, 4) is 5.75 Å². The number of methoxy groups -OCH3 is 1. The molecule has 2 N–H and O–H groups in total. The molecule has 1 amide bonds. The van der Waals surface area contributed by atoms with Crippen LogP contribution in [0.15, 0.2) is 24.3 Å². The van der Waals surface area contributed by atoms with Gasteiger partial charge in [0.05, 0.1) is 26.4 Å². The summed E-state index contributed by atoms with van der Waals surface area (Å²) in [6, 6.07) is 8.38. The van der Waals surface area contributed by atoms with Gasteiger partial charge in [-0.25, -0.2) is 0 Å². The third-order valence-electron chi connectivity index (χ3n) is 5.84. The van der Waals surface area contributed by atoms with Gasteiger partial charge >= 0.3 is 0 Å². The first-order valence-electron chi connectivity index (χ1n) is 10.4. The molecule has 3 atom stereocenters. The zero-order chi connectivity index (χ0) is 19.1. The van der Waals surface area contributed by atoms with Crippen LogP contribution in [-0.2, 0) is 9.53 Å². The summed E-state index contributed by atoms with van der Waals surface area (Å²) in [6.07, 6.45) is 7.80. The summed E-state index contributed by atoms with van der Waals surface area (Å²) in [4.78, 5) is 12.2. The lowest BCUT2D eigenvalue weighted by Crippen LogP contribution is -2.38. The predicted molar refractivity (Wildman–Crippen MR) is 107 cm³/mol. The van der Waals surface area contributed by atoms with Crippen LogP contribution in [0.1, 0.15) is 57.1 Å². The zero-order valence-corrected chi connectivity index (χ0v) is 16.7. The Morgan fingerprint density at radius 2 is 1.89 bits per heavy atom. The quantitative estimate of drug-likeness (QED) is 0.616. The van der Waals surface area contributed by atoms with E-state index in [1.54, 1.807) is 7.11 Å². The highest BCUT2D eigenvalue weighted by Crippen LogP contribution is 2.41. The summed E-state index contributed by atoms with van der Waals surface area (Å²) in [5.74, 6) is 2.16. The van der Waals surface area contributed by atoms with E-state index in [2.05, 4.69) is 29.7 Å². The lowest BCUT2D eigenvalue weighted by atomic mass is 9.88. The van der Waals surface area contributed by atoms with Gasteiger partial charge < -0.3 is 20.1 Å². The van der Waals surface area contributed by atoms with Crippen molar-refractivity contribution in [3.63, 3.8) is 0 Å². The number of rotatable bonds is 10. The molecular weight excluding hydrogens is 340 g/mol. The third-order valence-corrected chi connectivity index (χ3v) is 5.84. The molecule has 2 fully saturated rings. The molecule has 5 nitrogen and oxygen atoms in total. The van der Waals surface area contributed by atoms with Crippen molar-refractivity contribution in [2.45, 2.75) is 57.6 Å². The maximum absolute atomic E-state index is 12.2. The van der Waals surface area contributed by atoms with Crippen molar-refractivity contribution < 1.29 is 14.3 Å². The normalized spacial score (nSPS) is 23.6. The van der Waals surface area contributed by atoms with Gasteiger partial charge in [0.2, 0.25) is 5.91 Å². The van der Waals surface area contributed by atoms with Crippen LogP contribution < -0.4 is 15.4 Å². The van der Waals surface area contributed by atoms with Crippen molar-refractivity contribution in [1.82, 2.24) is 10.6 Å². The van der Waals surface area contributed by atoms with Crippen LogP contribution >= 0.6 is 0 Å². The molecule has 0 aliphatic heterocycles. The van der Waals surface area contributed by atoms with Gasteiger partial charge in [0.1, 0.15) is 5.75 Å². The Balaban J connectivity index is 1.36. The number of ether oxygens (including phenoxy) is 2. The molecule has 2 aliphatic carbocycles. The Morgan fingerprint density at radius 1 is 1.15 bits per heavy atom. The Hall–Kier alpha value is -1.59. The molecule has 2 saturated carbocycles. The number of carbonyl (C=O) groups is 1. The second-order valence-corrected chi connectivity index (χ2v) is 7.99. The smallest absolute Gasteiger partial charge is 0.234 e. The maximum atomic E-state index is 12.2. The van der Waals surface area contributed by atoms with Crippen LogP contribution in [0.2, 0.25) is 0 Å². The van der Waals surface area contributed by atoms with Gasteiger partial charge in [-0.1, -0.05) is 31.9 Å². The lowest BCUT2D eigenvalue weighted by Gasteiger charge is -2.28. The molecule has 2 aliphatic rings. The van der Waals surface area contributed by atoms with Crippen LogP contribution in [0.4, 0.5) is 0 Å². The van der Waals surface area contributed by atoms with E-state index in [-0.39, 0.29) is 11.9 Å². The minimum atomic E-state index is 0.0365. The standard InChI is InChI=1S/C22H34N2O3/c1-16-5-3-4-6-20(16)27-14-13-23-21(25)15-24-22(17-7-8-17)18-9-11-19(26-2)12-10-18/h9-12,16-17,20,22,24H,3-8,13-15H2,1-2H3,(H,23,25). The average molecular weight is 375 g/mol. The van der Waals surface area contributed by atoms with Crippen molar-refractivity contribution in [2.75, 3.05) is 26.8 Å². The largest absolute Gasteiger partial charge is 0.497 e. The first-order valence-corrected chi connectivity index (χ1v) is 10.4. The third kappa shape index (κ3) is 6.22. The zero-order valence-electron chi connectivity index (χ0n) is 16.7. The van der Waals surface area contributed by atoms with E-state index in [4.69, 9.17) is 9.47 Å². The second kappa shape index (κ2) is 10.1. The number of benzene rings is 1. The van der Waals surface area contributed by atoms with Gasteiger partial charge in [0, 0.05) is 12.6 Å². The first-order chi connectivity index (χ1) is 13.2. The summed E-state index contributed by atoms with van der Waals surface area (Å²) >= 11 is 0. The average Bonchev–Trinajstić information content (AvgIpc) is 3.52. The summed E-state index contributed by atoms with van der Waals surface area (Å²) < 4.78 is 11.2. The monoisotopic (exact) mass is 374 g/mol. The van der Waals surface area contributed by atoms with Gasteiger partial charge in [0.15, 0.2) is 0 Å². The molecule has 3 unspecified atom stereocenters. The highest BCUT2D eigenvalue weighted by molar-refractivity contribution is 5.78. The minimum absolute atomic E-state index is 0.0365. The van der Waals surface area contributed by atoms with E-state index in [0.29, 0.717) is 37.6 Å². The molecular formula is C22H34N2O3. The Bertz CT molecular complexity index is 586. The number of hydrogen-bond acceptors (Lipinski definition) is 4. The molecule has 27 heavy (non-hydrogen) atoms. The molecule has 1 aromatic carbocycles. The van der Waals surface area contributed by atoms with E-state index in [0.717, 1.165) is 12.2 Å². The van der Waals surface area contributed by atoms with Gasteiger partial charge in [-0.3, -0.25) is 4.79 Å². The SMILES string of the molecule is COc1ccc(C(NCC(=O)NCCOC2CCCCC2C)C2CC2)cc1. The molecule has 0 bridgehead atoms. The molecule has 0 saturated heterocycles. The Labute approximate surface area is 163 Å². The Kier molecular flexibility index (Phi) is 7.53. The van der Waals surface area contributed by atoms with E-state index in [1.807, 2.05) is 12.1 Å². The first kappa shape index (κ1) is 20.2. The molecule has 0 heterocycles. The maximum Gasteiger partial charge on any atom is 0.234 e. The second-order valence-electron chi connectivity index (χ2n) is 7.99. The molecule has 3 rings (SSSR count). The van der Waals surface area contributed by atoms with Crippen molar-refractivity contribution in [2.24, 2.45) is 11.8 Å². The van der Waals surface area contributed by atoms with Crippen LogP contribution in [-0.4, -0.2) is 38.8 Å². The highest BCUT2D eigenvalue weighted by Gasteiger charge is 2.32. The van der Waals surface area contributed by atoms with Crippen molar-refractivity contribution >= 4 is 5.91 Å². The fourth-order valence-corrected chi connectivity index (χ4v) is 3.99. The fraction of sp³-hybridized carbons (Fsp3) is 0.682. The van der Waals surface area contributed by atoms with Gasteiger partial charge in [0.25, 0.3) is 0 Å². The summed E-state index contributed by atoms with van der Waals surface area (Å²) in [5, 5.41) is 6.41. The number of carbonyl (C=O) groups excluding carboxylic acids is 1. The van der Waals surface area contributed by atoms with Gasteiger partial charge in [-0.15, -0.1) is 0 Å². The molecule has 0 spiro atoms. The topological polar surface area (TPSA) is 59.6 Å². The van der Waals surface area contributed by atoms with Crippen LogP contribution in [0.25, 0.3) is 0 Å². The molecule has 150 valence electrons. The molecule has 5 heteroatoms. The van der Waals surface area contributed by atoms with Gasteiger partial charge in [-0.2, -0.15) is 0 Å². The van der Waals surface area contributed by atoms with Crippen molar-refractivity contribution in [1.29, 1.82) is 0 Å². The van der Waals surface area contributed by atoms with E-state index >= 15 is 0 Å². The van der Waals surface area contributed by atoms with Crippen LogP contribution in [0.5, 0.6) is 5.75 Å². The highest BCUT2D eigenvalue weighted by atomic mass is 16.5. The van der Waals surface area contributed by atoms with Crippen LogP contribution in [0, 0.1) is 11.8 Å². The number of amides is 1. The fourth-order valence-electron chi connectivity index (χ4n) is 3.99.